The van der Waals surface area contributed by atoms with Crippen LogP contribution in [0.25, 0.3) is 0 Å². The Hall–Kier alpha value is -1.19. The van der Waals surface area contributed by atoms with E-state index in [1.54, 1.807) is 18.2 Å². The highest BCUT2D eigenvalue weighted by atomic mass is 35.5. The predicted molar refractivity (Wildman–Crippen MR) is 66.4 cm³/mol. The molecule has 0 saturated carbocycles. The maximum atomic E-state index is 11.6. The number of hydrogen-bond acceptors (Lipinski definition) is 2. The van der Waals surface area contributed by atoms with E-state index in [0.29, 0.717) is 5.03 Å². The zero-order valence-electron chi connectivity index (χ0n) is 8.47. The first kappa shape index (κ1) is 11.3. The van der Waals surface area contributed by atoms with Crippen molar-refractivity contribution in [1.29, 1.82) is 0 Å². The molecule has 0 aliphatic rings. The van der Waals surface area contributed by atoms with Gasteiger partial charge < -0.3 is 5.21 Å². The molecular formula is C12H10ClNOS. The first-order valence-corrected chi connectivity index (χ1v) is 6.18. The van der Waals surface area contributed by atoms with Crippen LogP contribution in [0.5, 0.6) is 0 Å². The molecule has 16 heavy (non-hydrogen) atoms. The van der Waals surface area contributed by atoms with E-state index in [-0.39, 0.29) is 5.15 Å². The standard InChI is InChI=1S/C12H10ClNOS/c13-11-7-4-8-12(14(11)15)16-9-10-5-2-1-3-6-10/h1-8H,9H2. The van der Waals surface area contributed by atoms with Crippen LogP contribution >= 0.6 is 23.4 Å². The fourth-order valence-electron chi connectivity index (χ4n) is 1.29. The van der Waals surface area contributed by atoms with Crippen molar-refractivity contribution in [3.63, 3.8) is 0 Å². The third-order valence-corrected chi connectivity index (χ3v) is 3.45. The van der Waals surface area contributed by atoms with Gasteiger partial charge in [0, 0.05) is 17.9 Å². The highest BCUT2D eigenvalue weighted by molar-refractivity contribution is 7.98. The summed E-state index contributed by atoms with van der Waals surface area (Å²) in [5.74, 6) is 0.767. The van der Waals surface area contributed by atoms with Crippen molar-refractivity contribution in [3.05, 3.63) is 64.5 Å². The second-order valence-electron chi connectivity index (χ2n) is 3.26. The molecule has 4 heteroatoms. The Morgan fingerprint density at radius 3 is 2.56 bits per heavy atom. The number of pyridine rings is 1. The fraction of sp³-hybridized carbons (Fsp3) is 0.0833. The number of nitrogens with zero attached hydrogens (tertiary/aromatic N) is 1. The van der Waals surface area contributed by atoms with Gasteiger partial charge in [0.2, 0.25) is 0 Å². The molecule has 1 aromatic carbocycles. The van der Waals surface area contributed by atoms with E-state index in [4.69, 9.17) is 11.6 Å². The first-order valence-electron chi connectivity index (χ1n) is 4.82. The molecule has 0 fully saturated rings. The predicted octanol–water partition coefficient (Wildman–Crippen LogP) is 3.27. The Labute approximate surface area is 103 Å². The molecule has 0 aliphatic heterocycles. The molecule has 2 nitrogen and oxygen atoms in total. The molecule has 2 rings (SSSR count). The second kappa shape index (κ2) is 5.23. The second-order valence-corrected chi connectivity index (χ2v) is 4.64. The maximum absolute atomic E-state index is 11.6. The minimum absolute atomic E-state index is 0.207. The van der Waals surface area contributed by atoms with Crippen molar-refractivity contribution in [3.8, 4) is 0 Å². The van der Waals surface area contributed by atoms with Crippen molar-refractivity contribution in [2.45, 2.75) is 10.8 Å². The van der Waals surface area contributed by atoms with E-state index in [1.807, 2.05) is 30.3 Å². The minimum Gasteiger partial charge on any atom is -0.617 e. The van der Waals surface area contributed by atoms with Crippen LogP contribution < -0.4 is 4.73 Å². The summed E-state index contributed by atoms with van der Waals surface area (Å²) in [6, 6.07) is 15.1. The lowest BCUT2D eigenvalue weighted by atomic mass is 10.2. The van der Waals surface area contributed by atoms with E-state index < -0.39 is 0 Å². The van der Waals surface area contributed by atoms with Gasteiger partial charge in [-0.05, 0) is 23.2 Å². The topological polar surface area (TPSA) is 26.9 Å². The molecule has 0 saturated heterocycles. The van der Waals surface area contributed by atoms with Crippen LogP contribution in [0.4, 0.5) is 0 Å². The molecule has 0 N–H and O–H groups in total. The molecule has 2 aromatic rings. The average molecular weight is 252 g/mol. The van der Waals surface area contributed by atoms with E-state index >= 15 is 0 Å². The summed E-state index contributed by atoms with van der Waals surface area (Å²) in [5.41, 5.74) is 1.19. The van der Waals surface area contributed by atoms with Crippen LogP contribution in [0.2, 0.25) is 5.15 Å². The molecule has 82 valence electrons. The van der Waals surface area contributed by atoms with E-state index in [9.17, 15) is 5.21 Å². The van der Waals surface area contributed by atoms with Gasteiger partial charge in [-0.1, -0.05) is 42.1 Å². The molecule has 1 heterocycles. The van der Waals surface area contributed by atoms with Gasteiger partial charge >= 0.3 is 0 Å². The van der Waals surface area contributed by atoms with Crippen LogP contribution in [0, 0.1) is 5.21 Å². The van der Waals surface area contributed by atoms with Crippen molar-refractivity contribution in [1.82, 2.24) is 0 Å². The summed E-state index contributed by atoms with van der Waals surface area (Å²) < 4.78 is 0.745. The largest absolute Gasteiger partial charge is 0.617 e. The third-order valence-electron chi connectivity index (χ3n) is 2.10. The van der Waals surface area contributed by atoms with Gasteiger partial charge in [0.1, 0.15) is 0 Å². The highest BCUT2D eigenvalue weighted by Crippen LogP contribution is 2.20. The average Bonchev–Trinajstić information content (AvgIpc) is 2.32. The molecule has 0 spiro atoms. The molecule has 1 aromatic heterocycles. The first-order chi connectivity index (χ1) is 7.77. The van der Waals surface area contributed by atoms with Crippen molar-refractivity contribution < 1.29 is 4.73 Å². The van der Waals surface area contributed by atoms with Crippen LogP contribution in [0.1, 0.15) is 5.56 Å². The van der Waals surface area contributed by atoms with Crippen molar-refractivity contribution >= 4 is 23.4 Å². The number of thioether (sulfide) groups is 1. The lowest BCUT2D eigenvalue weighted by molar-refractivity contribution is -0.643. The summed E-state index contributed by atoms with van der Waals surface area (Å²) in [5, 5.41) is 12.4. The summed E-state index contributed by atoms with van der Waals surface area (Å²) in [6.07, 6.45) is 0. The molecule has 0 atom stereocenters. The molecule has 0 aliphatic carbocycles. The summed E-state index contributed by atoms with van der Waals surface area (Å²) in [4.78, 5) is 0. The van der Waals surface area contributed by atoms with Gasteiger partial charge in [-0.3, -0.25) is 0 Å². The third kappa shape index (κ3) is 2.68. The van der Waals surface area contributed by atoms with Gasteiger partial charge in [0.05, 0.1) is 0 Å². The zero-order valence-corrected chi connectivity index (χ0v) is 10.0. The fourth-order valence-corrected chi connectivity index (χ4v) is 2.40. The van der Waals surface area contributed by atoms with Crippen LogP contribution in [0.3, 0.4) is 0 Å². The summed E-state index contributed by atoms with van der Waals surface area (Å²) in [6.45, 7) is 0. The van der Waals surface area contributed by atoms with Crippen molar-refractivity contribution in [2.24, 2.45) is 0 Å². The molecule has 0 radical (unpaired) electrons. The quantitative estimate of drug-likeness (QED) is 0.362. The van der Waals surface area contributed by atoms with Gasteiger partial charge in [-0.2, -0.15) is 0 Å². The Bertz CT molecular complexity index is 476. The Morgan fingerprint density at radius 2 is 1.81 bits per heavy atom. The molecule has 0 amide bonds. The Morgan fingerprint density at radius 1 is 1.06 bits per heavy atom. The van der Waals surface area contributed by atoms with E-state index in [1.165, 1.54) is 17.3 Å². The van der Waals surface area contributed by atoms with E-state index in [2.05, 4.69) is 0 Å². The number of hydrogen-bond donors (Lipinski definition) is 0. The van der Waals surface area contributed by atoms with Gasteiger partial charge in [-0.15, -0.1) is 4.73 Å². The number of aromatic nitrogens is 1. The smallest absolute Gasteiger partial charge is 0.287 e. The van der Waals surface area contributed by atoms with Gasteiger partial charge in [0.25, 0.3) is 10.2 Å². The Balaban J connectivity index is 2.08. The number of benzene rings is 1. The Kier molecular flexibility index (Phi) is 3.70. The monoisotopic (exact) mass is 251 g/mol. The summed E-state index contributed by atoms with van der Waals surface area (Å²) in [7, 11) is 0. The SMILES string of the molecule is [O-][n+]1c(Cl)cccc1SCc1ccccc1. The van der Waals surface area contributed by atoms with Crippen LogP contribution in [-0.2, 0) is 5.75 Å². The van der Waals surface area contributed by atoms with Crippen LogP contribution in [0.15, 0.2) is 53.6 Å². The maximum Gasteiger partial charge on any atom is 0.287 e. The lowest BCUT2D eigenvalue weighted by Crippen LogP contribution is -2.30. The molecule has 0 bridgehead atoms. The minimum atomic E-state index is 0.207. The van der Waals surface area contributed by atoms with E-state index in [0.717, 1.165) is 10.5 Å². The van der Waals surface area contributed by atoms with Gasteiger partial charge in [0.15, 0.2) is 0 Å². The normalized spacial score (nSPS) is 10.3. The lowest BCUT2D eigenvalue weighted by Gasteiger charge is -2.04. The zero-order chi connectivity index (χ0) is 11.4. The molecule has 0 unspecified atom stereocenters. The van der Waals surface area contributed by atoms with Crippen molar-refractivity contribution in [2.75, 3.05) is 0 Å². The molecular weight excluding hydrogens is 242 g/mol. The highest BCUT2D eigenvalue weighted by Gasteiger charge is 2.09. The number of halogens is 1. The van der Waals surface area contributed by atoms with Gasteiger partial charge in [-0.25, -0.2) is 0 Å². The number of rotatable bonds is 3. The van der Waals surface area contributed by atoms with Crippen LogP contribution in [-0.4, -0.2) is 0 Å². The summed E-state index contributed by atoms with van der Waals surface area (Å²) >= 11 is 7.21.